The van der Waals surface area contributed by atoms with E-state index in [1.54, 1.807) is 25.6 Å². The van der Waals surface area contributed by atoms with Gasteiger partial charge >= 0.3 is 5.69 Å². The standard InChI is InChI=1S/C20H15FN6O2/c1-10-3-15-13(4-12(10)11-5-24-25-6-11)18-16(8-23-15)26(2)20(29)27(18)19-14(21)7-22-9-17(19)28/h3-9,28H,1-2H3,(H,24,25). The number of nitrogens with one attached hydrogen (secondary N) is 1. The van der Waals surface area contributed by atoms with Gasteiger partial charge in [-0.2, -0.15) is 5.10 Å². The van der Waals surface area contributed by atoms with E-state index in [1.807, 2.05) is 19.1 Å². The van der Waals surface area contributed by atoms with Gasteiger partial charge in [0.1, 0.15) is 5.69 Å². The van der Waals surface area contributed by atoms with Crippen LogP contribution < -0.4 is 5.69 Å². The molecule has 8 nitrogen and oxygen atoms in total. The molecule has 5 rings (SSSR count). The summed E-state index contributed by atoms with van der Waals surface area (Å²) in [6, 6.07) is 3.80. The van der Waals surface area contributed by atoms with Crippen molar-refractivity contribution < 1.29 is 9.50 Å². The maximum absolute atomic E-state index is 14.6. The summed E-state index contributed by atoms with van der Waals surface area (Å²) >= 11 is 0. The zero-order valence-corrected chi connectivity index (χ0v) is 15.5. The van der Waals surface area contributed by atoms with Crippen molar-refractivity contribution in [1.82, 2.24) is 29.3 Å². The van der Waals surface area contributed by atoms with Crippen molar-refractivity contribution in [3.05, 3.63) is 65.0 Å². The molecule has 4 heterocycles. The van der Waals surface area contributed by atoms with Crippen LogP contribution in [0.1, 0.15) is 5.56 Å². The van der Waals surface area contributed by atoms with Crippen molar-refractivity contribution in [3.8, 4) is 22.6 Å². The third-order valence-electron chi connectivity index (χ3n) is 5.12. The number of H-pyrrole nitrogens is 1. The Morgan fingerprint density at radius 2 is 2.00 bits per heavy atom. The van der Waals surface area contributed by atoms with Gasteiger partial charge in [0.2, 0.25) is 0 Å². The average Bonchev–Trinajstić information content (AvgIpc) is 3.30. The number of aromatic hydroxyl groups is 1. The first kappa shape index (κ1) is 17.1. The lowest BCUT2D eigenvalue weighted by atomic mass is 10.00. The van der Waals surface area contributed by atoms with Crippen LogP contribution in [0.15, 0.2) is 47.9 Å². The normalized spacial score (nSPS) is 11.6. The number of aromatic amines is 1. The summed E-state index contributed by atoms with van der Waals surface area (Å²) < 4.78 is 17.1. The summed E-state index contributed by atoms with van der Waals surface area (Å²) in [5.41, 5.74) is 3.64. The third kappa shape index (κ3) is 2.37. The molecule has 0 aliphatic heterocycles. The van der Waals surface area contributed by atoms with Crippen molar-refractivity contribution in [3.63, 3.8) is 0 Å². The molecule has 0 unspecified atom stereocenters. The Labute approximate surface area is 162 Å². The molecule has 144 valence electrons. The number of imidazole rings is 1. The molecule has 0 amide bonds. The number of aromatic nitrogens is 6. The Morgan fingerprint density at radius 3 is 2.72 bits per heavy atom. The number of hydrogen-bond acceptors (Lipinski definition) is 5. The highest BCUT2D eigenvalue weighted by Gasteiger charge is 2.22. The van der Waals surface area contributed by atoms with Crippen LogP contribution >= 0.6 is 0 Å². The fourth-order valence-electron chi connectivity index (χ4n) is 3.70. The maximum atomic E-state index is 14.6. The van der Waals surface area contributed by atoms with Crippen molar-refractivity contribution in [2.45, 2.75) is 6.92 Å². The molecule has 0 saturated heterocycles. The monoisotopic (exact) mass is 390 g/mol. The van der Waals surface area contributed by atoms with Crippen molar-refractivity contribution in [1.29, 1.82) is 0 Å². The predicted octanol–water partition coefficient (Wildman–Crippen LogP) is 2.82. The van der Waals surface area contributed by atoms with Gasteiger partial charge in [-0.1, -0.05) is 0 Å². The van der Waals surface area contributed by atoms with Gasteiger partial charge in [-0.05, 0) is 30.2 Å². The van der Waals surface area contributed by atoms with Crippen LogP contribution in [0, 0.1) is 12.7 Å². The Bertz CT molecular complexity index is 1450. The maximum Gasteiger partial charge on any atom is 0.333 e. The second-order valence-electron chi connectivity index (χ2n) is 6.83. The van der Waals surface area contributed by atoms with Crippen molar-refractivity contribution >= 4 is 21.9 Å². The Morgan fingerprint density at radius 1 is 1.17 bits per heavy atom. The molecule has 0 spiro atoms. The number of rotatable bonds is 2. The Kier molecular flexibility index (Phi) is 3.54. The first-order chi connectivity index (χ1) is 14.0. The minimum atomic E-state index is -0.799. The molecule has 0 saturated carbocycles. The highest BCUT2D eigenvalue weighted by atomic mass is 19.1. The Balaban J connectivity index is 1.99. The molecule has 4 aromatic heterocycles. The van der Waals surface area contributed by atoms with Crippen LogP contribution in [-0.2, 0) is 7.05 Å². The topological polar surface area (TPSA) is 102 Å². The minimum absolute atomic E-state index is 0.242. The SMILES string of the molecule is Cc1cc2ncc3c(c2cc1-c1cn[nH]c1)n(-c1c(O)cncc1F)c(=O)n3C. The first-order valence-corrected chi connectivity index (χ1v) is 8.80. The van der Waals surface area contributed by atoms with Gasteiger partial charge in [0.15, 0.2) is 11.6 Å². The molecule has 2 N–H and O–H groups in total. The first-order valence-electron chi connectivity index (χ1n) is 8.80. The lowest BCUT2D eigenvalue weighted by Gasteiger charge is -2.10. The van der Waals surface area contributed by atoms with E-state index in [2.05, 4.69) is 20.2 Å². The molecule has 29 heavy (non-hydrogen) atoms. The molecule has 0 aliphatic rings. The van der Waals surface area contributed by atoms with Gasteiger partial charge in [0.05, 0.1) is 41.3 Å². The molecular formula is C20H15FN6O2. The number of hydrogen-bond donors (Lipinski definition) is 2. The van der Waals surface area contributed by atoms with Gasteiger partial charge in [0, 0.05) is 24.2 Å². The van der Waals surface area contributed by atoms with E-state index in [0.717, 1.165) is 29.1 Å². The molecule has 0 bridgehead atoms. The van der Waals surface area contributed by atoms with Crippen molar-refractivity contribution in [2.24, 2.45) is 7.05 Å². The summed E-state index contributed by atoms with van der Waals surface area (Å²) in [4.78, 5) is 21.1. The summed E-state index contributed by atoms with van der Waals surface area (Å²) in [6.07, 6.45) is 7.11. The van der Waals surface area contributed by atoms with Gasteiger partial charge in [0.25, 0.3) is 0 Å². The molecule has 0 atom stereocenters. The van der Waals surface area contributed by atoms with Crippen LogP contribution in [0.2, 0.25) is 0 Å². The van der Waals surface area contributed by atoms with E-state index >= 15 is 0 Å². The molecular weight excluding hydrogens is 375 g/mol. The average molecular weight is 390 g/mol. The second-order valence-corrected chi connectivity index (χ2v) is 6.83. The minimum Gasteiger partial charge on any atom is -0.504 e. The quantitative estimate of drug-likeness (QED) is 0.483. The van der Waals surface area contributed by atoms with Crippen LogP contribution in [0.3, 0.4) is 0 Å². The van der Waals surface area contributed by atoms with Gasteiger partial charge < -0.3 is 5.11 Å². The summed E-state index contributed by atoms with van der Waals surface area (Å²) in [7, 11) is 1.58. The number of nitrogens with zero attached hydrogens (tertiary/aromatic N) is 5. The lowest BCUT2D eigenvalue weighted by Crippen LogP contribution is -2.21. The lowest BCUT2D eigenvalue weighted by molar-refractivity contribution is 0.460. The fourth-order valence-corrected chi connectivity index (χ4v) is 3.70. The number of benzene rings is 1. The smallest absolute Gasteiger partial charge is 0.333 e. The molecule has 1 aromatic carbocycles. The summed E-state index contributed by atoms with van der Waals surface area (Å²) in [6.45, 7) is 1.96. The van der Waals surface area contributed by atoms with E-state index in [-0.39, 0.29) is 5.69 Å². The molecule has 0 radical (unpaired) electrons. The molecule has 0 aliphatic carbocycles. The van der Waals surface area contributed by atoms with Crippen LogP contribution in [0.25, 0.3) is 38.8 Å². The van der Waals surface area contributed by atoms with Gasteiger partial charge in [-0.25, -0.2) is 9.18 Å². The van der Waals surface area contributed by atoms with E-state index in [1.165, 1.54) is 9.13 Å². The number of halogens is 1. The zero-order valence-electron chi connectivity index (χ0n) is 15.5. The highest BCUT2D eigenvalue weighted by molar-refractivity contribution is 6.05. The number of aryl methyl sites for hydroxylation is 2. The van der Waals surface area contributed by atoms with Crippen LogP contribution in [-0.4, -0.2) is 34.4 Å². The largest absolute Gasteiger partial charge is 0.504 e. The van der Waals surface area contributed by atoms with Crippen LogP contribution in [0.4, 0.5) is 4.39 Å². The fraction of sp³-hybridized carbons (Fsp3) is 0.100. The predicted molar refractivity (Wildman–Crippen MR) is 106 cm³/mol. The van der Waals surface area contributed by atoms with Crippen LogP contribution in [0.5, 0.6) is 5.75 Å². The number of pyridine rings is 2. The summed E-state index contributed by atoms with van der Waals surface area (Å²) in [5.74, 6) is -1.22. The number of fused-ring (bicyclic) bond motifs is 3. The molecule has 9 heteroatoms. The highest BCUT2D eigenvalue weighted by Crippen LogP contribution is 2.33. The Hall–Kier alpha value is -4.01. The molecule has 0 fully saturated rings. The van der Waals surface area contributed by atoms with E-state index in [0.29, 0.717) is 21.9 Å². The van der Waals surface area contributed by atoms with E-state index in [9.17, 15) is 14.3 Å². The van der Waals surface area contributed by atoms with Gasteiger partial charge in [-0.3, -0.25) is 24.2 Å². The second kappa shape index (κ2) is 5.99. The molecule has 5 aromatic rings. The third-order valence-corrected chi connectivity index (χ3v) is 5.12. The zero-order chi connectivity index (χ0) is 20.3. The van der Waals surface area contributed by atoms with E-state index in [4.69, 9.17) is 0 Å². The van der Waals surface area contributed by atoms with Crippen molar-refractivity contribution in [2.75, 3.05) is 0 Å². The summed E-state index contributed by atoms with van der Waals surface area (Å²) in [5, 5.41) is 17.7. The van der Waals surface area contributed by atoms with E-state index < -0.39 is 17.3 Å². The van der Waals surface area contributed by atoms with Gasteiger partial charge in [-0.15, -0.1) is 0 Å².